The van der Waals surface area contributed by atoms with Crippen molar-refractivity contribution < 1.29 is 13.2 Å². The molecule has 106 valence electrons. The lowest BCUT2D eigenvalue weighted by Crippen LogP contribution is -2.33. The molecule has 2 rings (SSSR count). The number of rotatable bonds is 2. The molecule has 1 aliphatic rings. The van der Waals surface area contributed by atoms with Gasteiger partial charge in [0.05, 0.1) is 11.5 Å². The standard InChI is InChI=1S/C13H20N2O3S/c1-10-8-12(14)11(2)13(9-10)19(16,17)15-4-3-6-18-7-5-15/h8-9H,3-7,14H2,1-2H3. The number of aryl methyl sites for hydroxylation is 1. The van der Waals surface area contributed by atoms with Gasteiger partial charge in [-0.05, 0) is 43.5 Å². The van der Waals surface area contributed by atoms with Gasteiger partial charge in [-0.1, -0.05) is 0 Å². The van der Waals surface area contributed by atoms with E-state index in [4.69, 9.17) is 10.5 Å². The Balaban J connectivity index is 2.44. The Bertz CT molecular complexity index is 561. The molecule has 1 aromatic rings. The van der Waals surface area contributed by atoms with Crippen LogP contribution in [0, 0.1) is 13.8 Å². The van der Waals surface area contributed by atoms with Crippen molar-refractivity contribution in [3.8, 4) is 0 Å². The van der Waals surface area contributed by atoms with Crippen LogP contribution in [0.2, 0.25) is 0 Å². The molecule has 1 heterocycles. The second-order valence-corrected chi connectivity index (χ2v) is 6.75. The van der Waals surface area contributed by atoms with Crippen molar-refractivity contribution >= 4 is 15.7 Å². The predicted octanol–water partition coefficient (Wildman–Crippen LogP) is 1.30. The maximum atomic E-state index is 12.7. The maximum Gasteiger partial charge on any atom is 0.243 e. The van der Waals surface area contributed by atoms with E-state index in [1.807, 2.05) is 6.92 Å². The highest BCUT2D eigenvalue weighted by molar-refractivity contribution is 7.89. The lowest BCUT2D eigenvalue weighted by molar-refractivity contribution is 0.148. The van der Waals surface area contributed by atoms with Gasteiger partial charge in [-0.15, -0.1) is 0 Å². The molecule has 1 fully saturated rings. The van der Waals surface area contributed by atoms with E-state index < -0.39 is 10.0 Å². The van der Waals surface area contributed by atoms with E-state index in [2.05, 4.69) is 0 Å². The first-order valence-corrected chi connectivity index (χ1v) is 7.81. The Kier molecular flexibility index (Phi) is 4.13. The number of hydrogen-bond acceptors (Lipinski definition) is 4. The van der Waals surface area contributed by atoms with Crippen molar-refractivity contribution in [1.29, 1.82) is 0 Å². The third-order valence-corrected chi connectivity index (χ3v) is 5.37. The first kappa shape index (κ1) is 14.3. The third kappa shape index (κ3) is 2.91. The summed E-state index contributed by atoms with van der Waals surface area (Å²) < 4.78 is 32.2. The van der Waals surface area contributed by atoms with Gasteiger partial charge in [0.2, 0.25) is 10.0 Å². The average Bonchev–Trinajstić information content (AvgIpc) is 2.62. The van der Waals surface area contributed by atoms with Crippen LogP contribution in [0.3, 0.4) is 0 Å². The number of ether oxygens (including phenoxy) is 1. The maximum absolute atomic E-state index is 12.7. The number of anilines is 1. The van der Waals surface area contributed by atoms with E-state index in [1.54, 1.807) is 19.1 Å². The van der Waals surface area contributed by atoms with E-state index in [9.17, 15) is 8.42 Å². The van der Waals surface area contributed by atoms with Gasteiger partial charge in [0.25, 0.3) is 0 Å². The van der Waals surface area contributed by atoms with Crippen LogP contribution in [0.1, 0.15) is 17.5 Å². The summed E-state index contributed by atoms with van der Waals surface area (Å²) in [5, 5.41) is 0. The first-order chi connectivity index (χ1) is 8.93. The highest BCUT2D eigenvalue weighted by Gasteiger charge is 2.27. The summed E-state index contributed by atoms with van der Waals surface area (Å²) in [6, 6.07) is 3.48. The Morgan fingerprint density at radius 2 is 1.95 bits per heavy atom. The molecule has 1 aromatic carbocycles. The average molecular weight is 284 g/mol. The molecule has 0 aliphatic carbocycles. The monoisotopic (exact) mass is 284 g/mol. The van der Waals surface area contributed by atoms with Crippen molar-refractivity contribution in [1.82, 2.24) is 4.31 Å². The molecule has 0 saturated carbocycles. The van der Waals surface area contributed by atoms with Crippen molar-refractivity contribution in [3.63, 3.8) is 0 Å². The zero-order chi connectivity index (χ0) is 14.0. The van der Waals surface area contributed by atoms with Crippen LogP contribution in [0.5, 0.6) is 0 Å². The normalized spacial score (nSPS) is 18.2. The Morgan fingerprint density at radius 3 is 2.68 bits per heavy atom. The molecule has 0 aromatic heterocycles. The van der Waals surface area contributed by atoms with Crippen molar-refractivity contribution in [2.24, 2.45) is 0 Å². The Morgan fingerprint density at radius 1 is 1.21 bits per heavy atom. The molecule has 0 amide bonds. The second-order valence-electron chi connectivity index (χ2n) is 4.85. The highest BCUT2D eigenvalue weighted by atomic mass is 32.2. The van der Waals surface area contributed by atoms with Crippen LogP contribution in [0.15, 0.2) is 17.0 Å². The number of nitrogens with two attached hydrogens (primary N) is 1. The summed E-state index contributed by atoms with van der Waals surface area (Å²) in [4.78, 5) is 0.312. The number of nitrogen functional groups attached to an aromatic ring is 1. The van der Waals surface area contributed by atoms with E-state index in [0.717, 1.165) is 12.0 Å². The van der Waals surface area contributed by atoms with E-state index in [0.29, 0.717) is 42.4 Å². The van der Waals surface area contributed by atoms with Crippen molar-refractivity contribution in [3.05, 3.63) is 23.3 Å². The van der Waals surface area contributed by atoms with Gasteiger partial charge in [0.1, 0.15) is 0 Å². The fraction of sp³-hybridized carbons (Fsp3) is 0.538. The molecule has 0 radical (unpaired) electrons. The topological polar surface area (TPSA) is 72.6 Å². The molecule has 1 saturated heterocycles. The molecule has 0 unspecified atom stereocenters. The fourth-order valence-corrected chi connectivity index (χ4v) is 4.03. The minimum atomic E-state index is -3.49. The minimum absolute atomic E-state index is 0.312. The molecule has 1 aliphatic heterocycles. The van der Waals surface area contributed by atoms with Crippen LogP contribution in [-0.2, 0) is 14.8 Å². The number of hydrogen-bond donors (Lipinski definition) is 1. The van der Waals surface area contributed by atoms with Gasteiger partial charge >= 0.3 is 0 Å². The number of nitrogens with zero attached hydrogens (tertiary/aromatic N) is 1. The quantitative estimate of drug-likeness (QED) is 0.831. The molecular formula is C13H20N2O3S. The van der Waals surface area contributed by atoms with Gasteiger partial charge in [0, 0.05) is 25.4 Å². The smallest absolute Gasteiger partial charge is 0.243 e. The fourth-order valence-electron chi connectivity index (χ4n) is 2.22. The molecule has 6 heteroatoms. The van der Waals surface area contributed by atoms with Crippen LogP contribution in [0.4, 0.5) is 5.69 Å². The minimum Gasteiger partial charge on any atom is -0.398 e. The zero-order valence-corrected chi connectivity index (χ0v) is 12.2. The summed E-state index contributed by atoms with van der Waals surface area (Å²) >= 11 is 0. The van der Waals surface area contributed by atoms with Gasteiger partial charge in [-0.2, -0.15) is 4.31 Å². The van der Waals surface area contributed by atoms with Crippen molar-refractivity contribution in [2.45, 2.75) is 25.2 Å². The van der Waals surface area contributed by atoms with Crippen molar-refractivity contribution in [2.75, 3.05) is 32.0 Å². The molecule has 0 atom stereocenters. The summed E-state index contributed by atoms with van der Waals surface area (Å²) in [5.74, 6) is 0. The Hall–Kier alpha value is -1.11. The first-order valence-electron chi connectivity index (χ1n) is 6.37. The summed E-state index contributed by atoms with van der Waals surface area (Å²) in [7, 11) is -3.49. The summed E-state index contributed by atoms with van der Waals surface area (Å²) in [6.07, 6.45) is 0.722. The van der Waals surface area contributed by atoms with E-state index in [-0.39, 0.29) is 0 Å². The molecule has 19 heavy (non-hydrogen) atoms. The van der Waals surface area contributed by atoms with Gasteiger partial charge in [-0.25, -0.2) is 8.42 Å². The van der Waals surface area contributed by atoms with Crippen LogP contribution >= 0.6 is 0 Å². The Labute approximate surface area is 114 Å². The predicted molar refractivity (Wildman–Crippen MR) is 74.5 cm³/mol. The van der Waals surface area contributed by atoms with Crippen LogP contribution < -0.4 is 5.73 Å². The number of benzene rings is 1. The zero-order valence-electron chi connectivity index (χ0n) is 11.3. The molecule has 5 nitrogen and oxygen atoms in total. The van der Waals surface area contributed by atoms with Gasteiger partial charge in [-0.3, -0.25) is 0 Å². The summed E-state index contributed by atoms with van der Waals surface area (Å²) in [6.45, 7) is 5.54. The van der Waals surface area contributed by atoms with Gasteiger partial charge in [0.15, 0.2) is 0 Å². The molecular weight excluding hydrogens is 264 g/mol. The lowest BCUT2D eigenvalue weighted by atomic mass is 10.1. The van der Waals surface area contributed by atoms with Crippen LogP contribution in [-0.4, -0.2) is 39.0 Å². The van der Waals surface area contributed by atoms with E-state index in [1.165, 1.54) is 4.31 Å². The summed E-state index contributed by atoms with van der Waals surface area (Å²) in [5.41, 5.74) is 7.86. The highest BCUT2D eigenvalue weighted by Crippen LogP contribution is 2.26. The SMILES string of the molecule is Cc1cc(N)c(C)c(S(=O)(=O)N2CCCOCC2)c1. The molecule has 0 spiro atoms. The van der Waals surface area contributed by atoms with Crippen LogP contribution in [0.25, 0.3) is 0 Å². The number of sulfonamides is 1. The molecule has 2 N–H and O–H groups in total. The largest absolute Gasteiger partial charge is 0.398 e. The third-order valence-electron chi connectivity index (χ3n) is 3.34. The van der Waals surface area contributed by atoms with Gasteiger partial charge < -0.3 is 10.5 Å². The second kappa shape index (κ2) is 5.48. The van der Waals surface area contributed by atoms with E-state index >= 15 is 0 Å². The lowest BCUT2D eigenvalue weighted by Gasteiger charge is -2.21. The molecule has 0 bridgehead atoms.